The fourth-order valence-corrected chi connectivity index (χ4v) is 6.64. The summed E-state index contributed by atoms with van der Waals surface area (Å²) >= 11 is 0. The molecule has 0 amide bonds. The van der Waals surface area contributed by atoms with Gasteiger partial charge in [0.15, 0.2) is 16.6 Å². The molecule has 0 aromatic heterocycles. The van der Waals surface area contributed by atoms with Crippen LogP contribution < -0.4 is 0 Å². The highest BCUT2D eigenvalue weighted by molar-refractivity contribution is 6.74. The van der Waals surface area contributed by atoms with Gasteiger partial charge in [-0.2, -0.15) is 0 Å². The minimum absolute atomic E-state index is 0.0732. The lowest BCUT2D eigenvalue weighted by atomic mass is 9.99. The average molecular weight is 577 g/mol. The first-order valence-electron chi connectivity index (χ1n) is 15.1. The molecule has 1 aromatic carbocycles. The topological polar surface area (TPSA) is 44.8 Å². The van der Waals surface area contributed by atoms with Crippen LogP contribution in [-0.4, -0.2) is 41.9 Å². The second-order valence-corrected chi connectivity index (χ2v) is 23.6. The molecule has 2 atom stereocenters. The number of hydrogen-bond acceptors (Lipinski definition) is 4. The van der Waals surface area contributed by atoms with E-state index in [1.165, 1.54) is 43.9 Å². The molecule has 0 saturated carbocycles. The predicted octanol–water partition coefficient (Wildman–Crippen LogP) is 9.95. The van der Waals surface area contributed by atoms with Gasteiger partial charge in [-0.25, -0.2) is 0 Å². The maximum atomic E-state index is 12.0. The lowest BCUT2D eigenvalue weighted by molar-refractivity contribution is -0.140. The van der Waals surface area contributed by atoms with Gasteiger partial charge in [0.05, 0.1) is 19.3 Å². The van der Waals surface area contributed by atoms with Crippen LogP contribution in [-0.2, 0) is 24.8 Å². The van der Waals surface area contributed by atoms with E-state index < -0.39 is 16.6 Å². The van der Waals surface area contributed by atoms with Crippen LogP contribution in [0.25, 0.3) is 6.08 Å². The largest absolute Gasteiger partial charge is 0.469 e. The van der Waals surface area contributed by atoms with E-state index >= 15 is 0 Å². The summed E-state index contributed by atoms with van der Waals surface area (Å²) < 4.78 is 19.1. The Morgan fingerprint density at radius 3 is 2.03 bits per heavy atom. The maximum absolute atomic E-state index is 12.0. The summed E-state index contributed by atoms with van der Waals surface area (Å²) in [6, 6.07) is 8.75. The van der Waals surface area contributed by atoms with E-state index in [-0.39, 0.29) is 28.3 Å². The van der Waals surface area contributed by atoms with Gasteiger partial charge >= 0.3 is 5.97 Å². The Labute approximate surface area is 243 Å². The van der Waals surface area contributed by atoms with Crippen molar-refractivity contribution in [2.24, 2.45) is 0 Å². The Hall–Kier alpha value is -1.22. The molecule has 0 heterocycles. The van der Waals surface area contributed by atoms with Gasteiger partial charge in [0.2, 0.25) is 0 Å². The van der Waals surface area contributed by atoms with Crippen LogP contribution in [0.3, 0.4) is 0 Å². The van der Waals surface area contributed by atoms with Gasteiger partial charge < -0.3 is 13.6 Å². The summed E-state index contributed by atoms with van der Waals surface area (Å²) in [5.74, 6) is -0.171. The molecular formula is C33H60O4Si2. The van der Waals surface area contributed by atoms with Crippen molar-refractivity contribution in [2.45, 2.75) is 148 Å². The molecule has 4 nitrogen and oxygen atoms in total. The fraction of sp³-hybridized carbons (Fsp3) is 0.727. The molecule has 0 saturated heterocycles. The zero-order chi connectivity index (χ0) is 29.9. The van der Waals surface area contributed by atoms with E-state index in [1.54, 1.807) is 0 Å². The highest BCUT2D eigenvalue weighted by Gasteiger charge is 2.44. The minimum Gasteiger partial charge on any atom is -0.469 e. The van der Waals surface area contributed by atoms with Crippen LogP contribution in [0.15, 0.2) is 30.3 Å². The van der Waals surface area contributed by atoms with Gasteiger partial charge in [-0.05, 0) is 73.1 Å². The van der Waals surface area contributed by atoms with E-state index in [0.717, 1.165) is 12.8 Å². The van der Waals surface area contributed by atoms with Crippen molar-refractivity contribution in [3.05, 3.63) is 41.5 Å². The molecule has 1 aromatic rings. The molecule has 6 heteroatoms. The summed E-state index contributed by atoms with van der Waals surface area (Å²) in [6.45, 7) is 25.2. The van der Waals surface area contributed by atoms with Crippen molar-refractivity contribution >= 4 is 28.7 Å². The monoisotopic (exact) mass is 576 g/mol. The minimum atomic E-state index is -2.11. The van der Waals surface area contributed by atoms with Crippen LogP contribution in [0.1, 0.15) is 105 Å². The highest BCUT2D eigenvalue weighted by atomic mass is 28.4. The molecule has 0 bridgehead atoms. The lowest BCUT2D eigenvalue weighted by Gasteiger charge is -2.44. The van der Waals surface area contributed by atoms with Crippen LogP contribution in [0, 0.1) is 0 Å². The summed E-state index contributed by atoms with van der Waals surface area (Å²) in [7, 11) is -2.75. The first kappa shape index (κ1) is 35.8. The van der Waals surface area contributed by atoms with Crippen LogP contribution in [0.5, 0.6) is 0 Å². The molecule has 0 spiro atoms. The van der Waals surface area contributed by atoms with Gasteiger partial charge in [-0.3, -0.25) is 4.79 Å². The third-order valence-corrected chi connectivity index (χ3v) is 17.8. The number of ether oxygens (including phenoxy) is 1. The summed E-state index contributed by atoms with van der Waals surface area (Å²) in [6.07, 6.45) is 12.2. The number of carbonyl (C=O) groups excluding carboxylic acids is 1. The zero-order valence-corrected chi connectivity index (χ0v) is 29.4. The molecule has 1 unspecified atom stereocenters. The number of unbranched alkanes of at least 4 members (excludes halogenated alkanes) is 3. The molecule has 0 aliphatic heterocycles. The molecule has 0 aliphatic carbocycles. The van der Waals surface area contributed by atoms with E-state index in [0.29, 0.717) is 12.8 Å². The molecule has 39 heavy (non-hydrogen) atoms. The maximum Gasteiger partial charge on any atom is 0.305 e. The van der Waals surface area contributed by atoms with E-state index in [2.05, 4.69) is 111 Å². The Kier molecular flexibility index (Phi) is 14.4. The second kappa shape index (κ2) is 15.7. The third-order valence-electron chi connectivity index (χ3n) is 8.77. The fourth-order valence-electron chi connectivity index (χ4n) is 4.02. The normalized spacial score (nSPS) is 15.0. The number of rotatable bonds is 16. The third kappa shape index (κ3) is 12.0. The van der Waals surface area contributed by atoms with Crippen LogP contribution >= 0.6 is 0 Å². The van der Waals surface area contributed by atoms with Gasteiger partial charge in [0.1, 0.15) is 0 Å². The average Bonchev–Trinajstić information content (AvgIpc) is 2.82. The quantitative estimate of drug-likeness (QED) is 0.112. The van der Waals surface area contributed by atoms with Gasteiger partial charge in [0, 0.05) is 6.42 Å². The number of esters is 1. The number of hydrogen-bond donors (Lipinski definition) is 0. The Balaban J connectivity index is 3.44. The Morgan fingerprint density at radius 2 is 1.46 bits per heavy atom. The highest BCUT2D eigenvalue weighted by Crippen LogP contribution is 2.41. The standard InChI is InChI=1S/C33H60O4Si2/c1-13-14-15-16-20-27-21-17-18-22-28(27)25-26-30(37-39(11,12)33(5,6)7)29(23-19-24-31(34)35-8)36-38(9,10)32(2,3)4/h17-18,21-22,25-26,29-30H,13-16,19-20,23-24H2,1-12H3/b26-25+/t29?,30-/m1/s1. The zero-order valence-electron chi connectivity index (χ0n) is 27.4. The van der Waals surface area contributed by atoms with Crippen molar-refractivity contribution in [1.29, 1.82) is 0 Å². The van der Waals surface area contributed by atoms with E-state index in [9.17, 15) is 4.79 Å². The first-order chi connectivity index (χ1) is 17.9. The predicted molar refractivity (Wildman–Crippen MR) is 173 cm³/mol. The molecular weight excluding hydrogens is 517 g/mol. The molecule has 1 rings (SSSR count). The summed E-state index contributed by atoms with van der Waals surface area (Å²) in [5, 5.41) is 0.147. The van der Waals surface area contributed by atoms with Gasteiger partial charge in [-0.1, -0.05) is 104 Å². The van der Waals surface area contributed by atoms with Crippen LogP contribution in [0.2, 0.25) is 36.3 Å². The smallest absolute Gasteiger partial charge is 0.305 e. The second-order valence-electron chi connectivity index (χ2n) is 14.1. The number of aryl methyl sites for hydroxylation is 1. The van der Waals surface area contributed by atoms with Crippen molar-refractivity contribution in [3.63, 3.8) is 0 Å². The molecule has 224 valence electrons. The van der Waals surface area contributed by atoms with Crippen molar-refractivity contribution in [3.8, 4) is 0 Å². The van der Waals surface area contributed by atoms with Crippen molar-refractivity contribution in [1.82, 2.24) is 0 Å². The van der Waals surface area contributed by atoms with E-state index in [1.807, 2.05) is 0 Å². The first-order valence-corrected chi connectivity index (χ1v) is 21.0. The van der Waals surface area contributed by atoms with Gasteiger partial charge in [-0.15, -0.1) is 0 Å². The Bertz CT molecular complexity index is 894. The van der Waals surface area contributed by atoms with E-state index in [4.69, 9.17) is 13.6 Å². The SMILES string of the molecule is CCCCCCc1ccccc1/C=C/[C@@H](O[Si](C)(C)C(C)(C)C)C(CCCC(=O)OC)O[Si](C)(C)C(C)(C)C. The summed E-state index contributed by atoms with van der Waals surface area (Å²) in [4.78, 5) is 12.0. The number of benzene rings is 1. The van der Waals surface area contributed by atoms with Crippen molar-refractivity contribution in [2.75, 3.05) is 7.11 Å². The number of carbonyl (C=O) groups is 1. The molecule has 0 radical (unpaired) electrons. The molecule has 0 N–H and O–H groups in total. The number of methoxy groups -OCH3 is 1. The Morgan fingerprint density at radius 1 is 0.872 bits per heavy atom. The summed E-state index contributed by atoms with van der Waals surface area (Å²) in [5.41, 5.74) is 2.65. The molecule has 0 fully saturated rings. The van der Waals surface area contributed by atoms with Gasteiger partial charge in [0.25, 0.3) is 0 Å². The van der Waals surface area contributed by atoms with Crippen LogP contribution in [0.4, 0.5) is 0 Å². The molecule has 0 aliphatic rings. The van der Waals surface area contributed by atoms with Crippen molar-refractivity contribution < 1.29 is 18.4 Å². The lowest BCUT2D eigenvalue weighted by Crippen LogP contribution is -2.51.